The smallest absolute Gasteiger partial charge is 0.307 e. The van der Waals surface area contributed by atoms with Crippen molar-refractivity contribution in [3.63, 3.8) is 0 Å². The predicted molar refractivity (Wildman–Crippen MR) is 106 cm³/mol. The maximum Gasteiger partial charge on any atom is 0.307 e. The van der Waals surface area contributed by atoms with Gasteiger partial charge in [0.1, 0.15) is 5.75 Å². The van der Waals surface area contributed by atoms with Crippen molar-refractivity contribution in [3.05, 3.63) is 62.9 Å². The molecule has 150 valence electrons. The maximum absolute atomic E-state index is 12.6. The van der Waals surface area contributed by atoms with Gasteiger partial charge >= 0.3 is 5.97 Å². The van der Waals surface area contributed by atoms with Crippen molar-refractivity contribution >= 4 is 39.1 Å². The highest BCUT2D eigenvalue weighted by molar-refractivity contribution is 7.16. The molecule has 0 atom stereocenters. The van der Waals surface area contributed by atoms with Crippen LogP contribution in [-0.2, 0) is 16.1 Å². The fourth-order valence-corrected chi connectivity index (χ4v) is 3.77. The lowest BCUT2D eigenvalue weighted by atomic mass is 10.2. The molecule has 3 rings (SSSR count). The summed E-state index contributed by atoms with van der Waals surface area (Å²) < 4.78 is 12.5. The third-order valence-corrected chi connectivity index (χ3v) is 5.20. The number of fused-ring (bicyclic) bond motifs is 1. The van der Waals surface area contributed by atoms with Gasteiger partial charge in [-0.25, -0.2) is 0 Å². The first kappa shape index (κ1) is 20.2. The average molecular weight is 415 g/mol. The molecule has 0 aliphatic carbocycles. The highest BCUT2D eigenvalue weighted by Crippen LogP contribution is 2.23. The number of ether oxygens (including phenoxy) is 2. The van der Waals surface area contributed by atoms with Crippen LogP contribution in [0.15, 0.2) is 47.5 Å². The molecule has 2 aromatic carbocycles. The molecule has 0 saturated carbocycles. The lowest BCUT2D eigenvalue weighted by Gasteiger charge is -2.05. The van der Waals surface area contributed by atoms with E-state index < -0.39 is 10.8 Å². The summed E-state index contributed by atoms with van der Waals surface area (Å²) in [6.07, 6.45) is 0.104. The van der Waals surface area contributed by atoms with Crippen LogP contribution in [0.2, 0.25) is 0 Å². The number of esters is 1. The Morgan fingerprint density at radius 1 is 1.21 bits per heavy atom. The largest absolute Gasteiger partial charge is 0.497 e. The van der Waals surface area contributed by atoms with Crippen molar-refractivity contribution < 1.29 is 24.0 Å². The van der Waals surface area contributed by atoms with Gasteiger partial charge in [0.05, 0.1) is 35.8 Å². The highest BCUT2D eigenvalue weighted by atomic mass is 32.1. The minimum atomic E-state index is -0.612. The van der Waals surface area contributed by atoms with Crippen molar-refractivity contribution in [2.45, 2.75) is 13.0 Å². The van der Waals surface area contributed by atoms with E-state index in [0.717, 1.165) is 10.2 Å². The molecule has 0 saturated heterocycles. The first-order valence-corrected chi connectivity index (χ1v) is 9.32. The fourth-order valence-electron chi connectivity index (χ4n) is 2.69. The monoisotopic (exact) mass is 415 g/mol. The summed E-state index contributed by atoms with van der Waals surface area (Å²) in [6.45, 7) is 0.264. The number of amides is 1. The van der Waals surface area contributed by atoms with Gasteiger partial charge in [-0.2, -0.15) is 4.99 Å². The number of benzene rings is 2. The van der Waals surface area contributed by atoms with Gasteiger partial charge in [-0.15, -0.1) is 0 Å². The Kier molecular flexibility index (Phi) is 6.03. The Morgan fingerprint density at radius 3 is 2.69 bits per heavy atom. The number of nitro groups is 1. The number of aromatic nitrogens is 1. The SMILES string of the molecule is COC(=O)CCn1c(=NC(=O)c2cccc([N+](=O)[O-])c2)sc2cc(OC)ccc21. The number of aryl methyl sites for hydroxylation is 1. The van der Waals surface area contributed by atoms with Gasteiger partial charge in [-0.1, -0.05) is 17.4 Å². The van der Waals surface area contributed by atoms with Crippen molar-refractivity contribution in [3.8, 4) is 5.75 Å². The number of carbonyl (C=O) groups is 2. The minimum Gasteiger partial charge on any atom is -0.497 e. The number of methoxy groups -OCH3 is 2. The van der Waals surface area contributed by atoms with Crippen LogP contribution in [0.1, 0.15) is 16.8 Å². The number of nitrogens with zero attached hydrogens (tertiary/aromatic N) is 3. The van der Waals surface area contributed by atoms with E-state index in [4.69, 9.17) is 9.47 Å². The number of carbonyl (C=O) groups excluding carboxylic acids is 2. The summed E-state index contributed by atoms with van der Waals surface area (Å²) in [6, 6.07) is 10.8. The molecule has 0 N–H and O–H groups in total. The molecular formula is C19H17N3O6S. The summed E-state index contributed by atoms with van der Waals surface area (Å²) in [5, 5.41) is 10.9. The molecule has 1 aromatic heterocycles. The molecule has 0 unspecified atom stereocenters. The zero-order valence-corrected chi connectivity index (χ0v) is 16.5. The normalized spacial score (nSPS) is 11.4. The molecule has 3 aromatic rings. The van der Waals surface area contributed by atoms with E-state index in [1.54, 1.807) is 17.7 Å². The second kappa shape index (κ2) is 8.65. The molecule has 1 amide bonds. The van der Waals surface area contributed by atoms with E-state index in [2.05, 4.69) is 4.99 Å². The minimum absolute atomic E-state index is 0.104. The molecule has 0 fully saturated rings. The van der Waals surface area contributed by atoms with Gasteiger partial charge in [0.15, 0.2) is 4.80 Å². The van der Waals surface area contributed by atoms with Gasteiger partial charge in [0.25, 0.3) is 11.6 Å². The number of nitro benzene ring substituents is 1. The van der Waals surface area contributed by atoms with Crippen LogP contribution in [0.5, 0.6) is 5.75 Å². The first-order chi connectivity index (χ1) is 13.9. The van der Waals surface area contributed by atoms with Gasteiger partial charge in [-0.3, -0.25) is 19.7 Å². The lowest BCUT2D eigenvalue weighted by molar-refractivity contribution is -0.384. The second-order valence-electron chi connectivity index (χ2n) is 5.92. The summed E-state index contributed by atoms with van der Waals surface area (Å²) >= 11 is 1.26. The molecule has 0 aliphatic rings. The highest BCUT2D eigenvalue weighted by Gasteiger charge is 2.14. The molecule has 10 heteroatoms. The molecule has 29 heavy (non-hydrogen) atoms. The zero-order chi connectivity index (χ0) is 21.0. The van der Waals surface area contributed by atoms with Gasteiger partial charge in [0.2, 0.25) is 0 Å². The standard InChI is InChI=1S/C19H17N3O6S/c1-27-14-6-7-15-16(11-14)29-19(21(15)9-8-17(23)28-2)20-18(24)12-4-3-5-13(10-12)22(25)26/h3-7,10-11H,8-9H2,1-2H3. The average Bonchev–Trinajstić information content (AvgIpc) is 3.07. The summed E-state index contributed by atoms with van der Waals surface area (Å²) in [7, 11) is 2.86. The third kappa shape index (κ3) is 4.49. The van der Waals surface area contributed by atoms with Crippen LogP contribution in [0.3, 0.4) is 0 Å². The Balaban J connectivity index is 2.08. The van der Waals surface area contributed by atoms with Gasteiger partial charge in [-0.05, 0) is 24.3 Å². The van der Waals surface area contributed by atoms with E-state index in [1.807, 2.05) is 12.1 Å². The van der Waals surface area contributed by atoms with E-state index in [1.165, 1.54) is 42.7 Å². The Bertz CT molecular complexity index is 1160. The molecule has 0 spiro atoms. The summed E-state index contributed by atoms with van der Waals surface area (Å²) in [5.41, 5.74) is 0.699. The van der Waals surface area contributed by atoms with Crippen LogP contribution in [0.4, 0.5) is 5.69 Å². The lowest BCUT2D eigenvalue weighted by Crippen LogP contribution is -2.19. The topological polar surface area (TPSA) is 113 Å². The van der Waals surface area contributed by atoms with Crippen LogP contribution in [0, 0.1) is 10.1 Å². The van der Waals surface area contributed by atoms with E-state index in [9.17, 15) is 19.7 Å². The van der Waals surface area contributed by atoms with Crippen molar-refractivity contribution in [1.29, 1.82) is 0 Å². The molecular weight excluding hydrogens is 398 g/mol. The van der Waals surface area contributed by atoms with Crippen molar-refractivity contribution in [1.82, 2.24) is 4.57 Å². The number of non-ortho nitro benzene ring substituents is 1. The molecule has 9 nitrogen and oxygen atoms in total. The Morgan fingerprint density at radius 2 is 2.00 bits per heavy atom. The molecule has 0 bridgehead atoms. The summed E-state index contributed by atoms with van der Waals surface area (Å²) in [5.74, 6) is -0.351. The number of thiazole rings is 1. The molecule has 0 radical (unpaired) electrons. The van der Waals surface area contributed by atoms with Crippen molar-refractivity contribution in [2.24, 2.45) is 4.99 Å². The van der Waals surface area contributed by atoms with Crippen molar-refractivity contribution in [2.75, 3.05) is 14.2 Å². The summed E-state index contributed by atoms with van der Waals surface area (Å²) in [4.78, 5) is 39.1. The van der Waals surface area contributed by atoms with Crippen LogP contribution >= 0.6 is 11.3 Å². The van der Waals surface area contributed by atoms with E-state index >= 15 is 0 Å². The molecule has 1 heterocycles. The maximum atomic E-state index is 12.6. The van der Waals surface area contributed by atoms with E-state index in [-0.39, 0.29) is 30.2 Å². The van der Waals surface area contributed by atoms with Gasteiger partial charge in [0, 0.05) is 24.2 Å². The van der Waals surface area contributed by atoms with Gasteiger partial charge < -0.3 is 14.0 Å². The molecule has 0 aliphatic heterocycles. The third-order valence-electron chi connectivity index (χ3n) is 4.16. The predicted octanol–water partition coefficient (Wildman–Crippen LogP) is 2.92. The van der Waals surface area contributed by atoms with E-state index in [0.29, 0.717) is 10.6 Å². The fraction of sp³-hybridized carbons (Fsp3) is 0.211. The number of hydrogen-bond donors (Lipinski definition) is 0. The first-order valence-electron chi connectivity index (χ1n) is 8.50. The quantitative estimate of drug-likeness (QED) is 0.347. The van der Waals surface area contributed by atoms with Crippen LogP contribution < -0.4 is 9.54 Å². The van der Waals surface area contributed by atoms with Crippen LogP contribution in [0.25, 0.3) is 10.2 Å². The number of rotatable bonds is 6. The number of hydrogen-bond acceptors (Lipinski definition) is 7. The second-order valence-corrected chi connectivity index (χ2v) is 6.93. The zero-order valence-electron chi connectivity index (χ0n) is 15.7. The Labute approximate surface area is 169 Å². The Hall–Kier alpha value is -3.53. The van der Waals surface area contributed by atoms with Crippen LogP contribution in [-0.4, -0.2) is 35.6 Å².